The predicted molar refractivity (Wildman–Crippen MR) is 164 cm³/mol. The molecule has 0 spiro atoms. The molecule has 1 atom stereocenters. The second kappa shape index (κ2) is 11.9. The van der Waals surface area contributed by atoms with Crippen molar-refractivity contribution < 1.29 is 28.6 Å². The molecule has 0 bridgehead atoms. The number of rotatable bonds is 8. The van der Waals surface area contributed by atoms with E-state index in [1.165, 1.54) is 61.2 Å². The molecule has 8 nitrogen and oxygen atoms in total. The molecule has 1 aliphatic rings. The largest absolute Gasteiger partial charge is 0.507 e. The van der Waals surface area contributed by atoms with Gasteiger partial charge in [0.15, 0.2) is 15.8 Å². The zero-order chi connectivity index (χ0) is 30.1. The number of halogens is 1. The number of aliphatic hydroxyl groups excluding tert-OH is 1. The van der Waals surface area contributed by atoms with Gasteiger partial charge in [0, 0.05) is 11.3 Å². The Kier molecular flexibility index (Phi) is 7.83. The number of anilines is 1. The lowest BCUT2D eigenvalue weighted by Gasteiger charge is -2.22. The molecule has 43 heavy (non-hydrogen) atoms. The van der Waals surface area contributed by atoms with Gasteiger partial charge < -0.3 is 14.6 Å². The third kappa shape index (κ3) is 5.33. The summed E-state index contributed by atoms with van der Waals surface area (Å²) in [5.74, 6) is -1.29. The summed E-state index contributed by atoms with van der Waals surface area (Å²) in [6.07, 6.45) is 0. The van der Waals surface area contributed by atoms with Gasteiger partial charge >= 0.3 is 5.91 Å². The molecule has 0 aliphatic carbocycles. The Morgan fingerprint density at radius 1 is 0.953 bits per heavy atom. The number of Topliss-reactive ketones (excluding diaryl/α,β-unsaturated/α-hetero) is 1. The summed E-state index contributed by atoms with van der Waals surface area (Å²) in [6.45, 7) is 0. The summed E-state index contributed by atoms with van der Waals surface area (Å²) in [5, 5.41) is 22.4. The van der Waals surface area contributed by atoms with Crippen molar-refractivity contribution in [3.8, 4) is 11.5 Å². The highest BCUT2D eigenvalue weighted by molar-refractivity contribution is 8.00. The van der Waals surface area contributed by atoms with Gasteiger partial charge in [0.1, 0.15) is 11.6 Å². The second-order valence-electron chi connectivity index (χ2n) is 9.57. The lowest BCUT2D eigenvalue weighted by molar-refractivity contribution is -0.132. The molecule has 0 saturated carbocycles. The number of ether oxygens (including phenoxy) is 2. The van der Waals surface area contributed by atoms with Crippen molar-refractivity contribution in [3.63, 3.8) is 0 Å². The van der Waals surface area contributed by atoms with Crippen molar-refractivity contribution in [1.82, 2.24) is 10.2 Å². The van der Waals surface area contributed by atoms with Gasteiger partial charge in [-0.05, 0) is 52.2 Å². The minimum atomic E-state index is -1.07. The van der Waals surface area contributed by atoms with Crippen LogP contribution in [-0.4, -0.2) is 41.2 Å². The first-order valence-electron chi connectivity index (χ1n) is 13.1. The van der Waals surface area contributed by atoms with E-state index in [1.807, 2.05) is 18.2 Å². The number of amides is 1. The average Bonchev–Trinajstić information content (AvgIpc) is 3.61. The highest BCUT2D eigenvalue weighted by Gasteiger charge is 2.48. The number of carbonyl (C=O) groups excluding carboxylic acids is 2. The predicted octanol–water partition coefficient (Wildman–Crippen LogP) is 6.77. The van der Waals surface area contributed by atoms with Gasteiger partial charge in [-0.3, -0.25) is 14.5 Å². The molecule has 1 unspecified atom stereocenters. The zero-order valence-electron chi connectivity index (χ0n) is 23.0. The van der Waals surface area contributed by atoms with Gasteiger partial charge in [-0.15, -0.1) is 10.2 Å². The molecule has 0 radical (unpaired) electrons. The summed E-state index contributed by atoms with van der Waals surface area (Å²) in [5.41, 5.74) is 1.62. The topological polar surface area (TPSA) is 102 Å². The number of hydrogen-bond donors (Lipinski definition) is 1. The number of methoxy groups -OCH3 is 2. The first kappa shape index (κ1) is 28.4. The first-order chi connectivity index (χ1) is 20.9. The number of hydrogen-bond acceptors (Lipinski definition) is 9. The Morgan fingerprint density at radius 2 is 1.70 bits per heavy atom. The highest BCUT2D eigenvalue weighted by atomic mass is 32.2. The summed E-state index contributed by atoms with van der Waals surface area (Å²) >= 11 is 2.63. The van der Waals surface area contributed by atoms with Crippen molar-refractivity contribution in [2.24, 2.45) is 0 Å². The van der Waals surface area contributed by atoms with Crippen LogP contribution in [-0.2, 0) is 15.3 Å². The number of ketones is 1. The fourth-order valence-electron chi connectivity index (χ4n) is 5.05. The van der Waals surface area contributed by atoms with Crippen LogP contribution in [0.5, 0.6) is 11.5 Å². The van der Waals surface area contributed by atoms with Crippen LogP contribution in [0.2, 0.25) is 0 Å². The molecular weight excluding hydrogens is 590 g/mol. The minimum Gasteiger partial charge on any atom is -0.507 e. The smallest absolute Gasteiger partial charge is 0.301 e. The maximum absolute atomic E-state index is 13.9. The molecule has 216 valence electrons. The maximum atomic E-state index is 13.9. The van der Waals surface area contributed by atoms with E-state index in [9.17, 15) is 19.1 Å². The Hall–Kier alpha value is -4.74. The molecular formula is C32H24FN3O5S2. The standard InChI is InChI=1S/C32H24FN3O5S2/c1-40-24-15-12-20(16-25(24)41-2)28(37)26-27(19-10-13-22(33)14-11-19)36(30(39)29(26)38)31-34-35-32(43-31)42-17-21-8-5-7-18-6-3-4-9-23(18)21/h3-16,27,37H,17H2,1-2H3/b28-26-. The van der Waals surface area contributed by atoms with Crippen molar-refractivity contribution in [2.45, 2.75) is 16.1 Å². The van der Waals surface area contributed by atoms with Crippen LogP contribution in [0.15, 0.2) is 94.8 Å². The number of aliphatic hydroxyl groups is 1. The summed E-state index contributed by atoms with van der Waals surface area (Å²) in [7, 11) is 2.93. The Labute approximate surface area is 254 Å². The van der Waals surface area contributed by atoms with E-state index < -0.39 is 29.3 Å². The fraction of sp³-hybridized carbons (Fsp3) is 0.125. The quantitative estimate of drug-likeness (QED) is 0.0673. The lowest BCUT2D eigenvalue weighted by Crippen LogP contribution is -2.29. The van der Waals surface area contributed by atoms with Gasteiger partial charge in [0.05, 0.1) is 25.8 Å². The number of aromatic nitrogens is 2. The van der Waals surface area contributed by atoms with E-state index in [1.54, 1.807) is 12.1 Å². The molecule has 1 aromatic heterocycles. The number of nitrogens with zero attached hydrogens (tertiary/aromatic N) is 3. The monoisotopic (exact) mass is 613 g/mol. The Morgan fingerprint density at radius 3 is 2.47 bits per heavy atom. The zero-order valence-corrected chi connectivity index (χ0v) is 24.6. The third-order valence-electron chi connectivity index (χ3n) is 7.12. The molecule has 5 aromatic rings. The number of thioether (sulfide) groups is 1. The summed E-state index contributed by atoms with van der Waals surface area (Å²) in [4.78, 5) is 28.2. The molecule has 1 amide bonds. The second-order valence-corrected chi connectivity index (χ2v) is 11.7. The van der Waals surface area contributed by atoms with E-state index in [2.05, 4.69) is 34.5 Å². The van der Waals surface area contributed by atoms with E-state index in [0.29, 0.717) is 27.2 Å². The third-order valence-corrected chi connectivity index (χ3v) is 9.22. The van der Waals surface area contributed by atoms with Crippen LogP contribution in [0.1, 0.15) is 22.7 Å². The maximum Gasteiger partial charge on any atom is 0.301 e. The van der Waals surface area contributed by atoms with Crippen LogP contribution in [0.4, 0.5) is 9.52 Å². The van der Waals surface area contributed by atoms with E-state index >= 15 is 0 Å². The van der Waals surface area contributed by atoms with E-state index in [4.69, 9.17) is 9.47 Å². The van der Waals surface area contributed by atoms with Crippen molar-refractivity contribution >= 4 is 56.5 Å². The SMILES string of the molecule is COc1ccc(/C(O)=C2/C(=O)C(=O)N(c3nnc(SCc4cccc5ccccc45)s3)C2c2ccc(F)cc2)cc1OC. The minimum absolute atomic E-state index is 0.163. The average molecular weight is 614 g/mol. The Balaban J connectivity index is 1.38. The van der Waals surface area contributed by atoms with Crippen LogP contribution < -0.4 is 14.4 Å². The summed E-state index contributed by atoms with van der Waals surface area (Å²) < 4.78 is 25.1. The van der Waals surface area contributed by atoms with E-state index in [0.717, 1.165) is 27.7 Å². The van der Waals surface area contributed by atoms with Crippen LogP contribution in [0, 0.1) is 5.82 Å². The van der Waals surface area contributed by atoms with Gasteiger partial charge in [0.2, 0.25) is 5.13 Å². The van der Waals surface area contributed by atoms with Crippen molar-refractivity contribution in [1.29, 1.82) is 0 Å². The van der Waals surface area contributed by atoms with Gasteiger partial charge in [-0.2, -0.15) is 0 Å². The molecule has 11 heteroatoms. The number of carbonyl (C=O) groups is 2. The van der Waals surface area contributed by atoms with Gasteiger partial charge in [0.25, 0.3) is 5.78 Å². The molecule has 6 rings (SSSR count). The van der Waals surface area contributed by atoms with Gasteiger partial charge in [-0.25, -0.2) is 4.39 Å². The molecule has 4 aromatic carbocycles. The van der Waals surface area contributed by atoms with E-state index in [-0.39, 0.29) is 16.3 Å². The number of fused-ring (bicyclic) bond motifs is 1. The Bertz CT molecular complexity index is 1880. The normalized spacial score (nSPS) is 16.2. The van der Waals surface area contributed by atoms with Crippen molar-refractivity contribution in [3.05, 3.63) is 113 Å². The lowest BCUT2D eigenvalue weighted by atomic mass is 9.95. The summed E-state index contributed by atoms with van der Waals surface area (Å²) in [6, 6.07) is 23.2. The molecule has 1 N–H and O–H groups in total. The number of benzene rings is 4. The highest BCUT2D eigenvalue weighted by Crippen LogP contribution is 2.44. The molecule has 1 saturated heterocycles. The van der Waals surface area contributed by atoms with Gasteiger partial charge in [-0.1, -0.05) is 77.7 Å². The fourth-order valence-corrected chi connectivity index (χ4v) is 6.92. The molecule has 1 aliphatic heterocycles. The molecule has 1 fully saturated rings. The first-order valence-corrected chi connectivity index (χ1v) is 14.9. The van der Waals surface area contributed by atoms with Crippen molar-refractivity contribution in [2.75, 3.05) is 19.1 Å². The van der Waals surface area contributed by atoms with Crippen LogP contribution in [0.3, 0.4) is 0 Å². The van der Waals surface area contributed by atoms with Crippen LogP contribution in [0.25, 0.3) is 16.5 Å². The van der Waals surface area contributed by atoms with Crippen LogP contribution >= 0.6 is 23.1 Å². The molecule has 2 heterocycles.